The Morgan fingerprint density at radius 2 is 2.13 bits per heavy atom. The minimum absolute atomic E-state index is 0.226. The summed E-state index contributed by atoms with van der Waals surface area (Å²) < 4.78 is 13.3. The van der Waals surface area contributed by atoms with Crippen LogP contribution in [0.3, 0.4) is 0 Å². The second-order valence-electron chi connectivity index (χ2n) is 3.74. The summed E-state index contributed by atoms with van der Waals surface area (Å²) in [4.78, 5) is 2.09. The third-order valence-corrected chi connectivity index (χ3v) is 2.13. The summed E-state index contributed by atoms with van der Waals surface area (Å²) in [6, 6.07) is 0. The Labute approximate surface area is 93.0 Å². The topological polar surface area (TPSA) is 3.24 Å². The maximum absolute atomic E-state index is 13.3. The van der Waals surface area contributed by atoms with Crippen molar-refractivity contribution in [2.24, 2.45) is 0 Å². The van der Waals surface area contributed by atoms with Gasteiger partial charge in [-0.2, -0.15) is 0 Å². The summed E-state index contributed by atoms with van der Waals surface area (Å²) >= 11 is 0. The van der Waals surface area contributed by atoms with Crippen LogP contribution in [-0.2, 0) is 0 Å². The number of allylic oxidation sites excluding steroid dienone is 3. The maximum Gasteiger partial charge on any atom is 0.127 e. The fraction of sp³-hybridized carbons (Fsp3) is 0.538. The average molecular weight is 211 g/mol. The fourth-order valence-electron chi connectivity index (χ4n) is 1.21. The lowest BCUT2D eigenvalue weighted by Crippen LogP contribution is -2.22. The molecule has 0 aromatic heterocycles. The van der Waals surface area contributed by atoms with E-state index in [1.807, 2.05) is 14.0 Å². The predicted molar refractivity (Wildman–Crippen MR) is 65.6 cm³/mol. The van der Waals surface area contributed by atoms with E-state index in [0.717, 1.165) is 19.4 Å². The Kier molecular flexibility index (Phi) is 7.92. The highest BCUT2D eigenvalue weighted by Gasteiger charge is 2.04. The van der Waals surface area contributed by atoms with E-state index >= 15 is 0 Å². The van der Waals surface area contributed by atoms with Gasteiger partial charge in [0.1, 0.15) is 5.83 Å². The highest BCUT2D eigenvalue weighted by Crippen LogP contribution is 2.10. The molecule has 0 atom stereocenters. The first-order valence-electron chi connectivity index (χ1n) is 5.47. The van der Waals surface area contributed by atoms with E-state index in [1.54, 1.807) is 12.2 Å². The van der Waals surface area contributed by atoms with Gasteiger partial charge >= 0.3 is 0 Å². The molecule has 0 rings (SSSR count). The molecule has 86 valence electrons. The van der Waals surface area contributed by atoms with Gasteiger partial charge in [0.05, 0.1) is 0 Å². The van der Waals surface area contributed by atoms with E-state index in [0.29, 0.717) is 12.1 Å². The van der Waals surface area contributed by atoms with Crippen molar-refractivity contribution >= 4 is 0 Å². The molecular formula is C13H22FN. The van der Waals surface area contributed by atoms with Crippen molar-refractivity contribution in [2.75, 3.05) is 20.1 Å². The number of unbranched alkanes of at least 4 members (excludes halogenated alkanes) is 1. The minimum Gasteiger partial charge on any atom is -0.302 e. The molecule has 0 aromatic carbocycles. The Bertz CT molecular complexity index is 241. The van der Waals surface area contributed by atoms with Crippen LogP contribution in [0.5, 0.6) is 0 Å². The number of nitrogens with zero attached hydrogens (tertiary/aromatic N) is 1. The number of rotatable bonds is 7. The molecule has 0 saturated carbocycles. The highest BCUT2D eigenvalue weighted by molar-refractivity contribution is 5.26. The van der Waals surface area contributed by atoms with Gasteiger partial charge < -0.3 is 4.90 Å². The molecule has 0 radical (unpaired) electrons. The smallest absolute Gasteiger partial charge is 0.127 e. The fourth-order valence-corrected chi connectivity index (χ4v) is 1.21. The van der Waals surface area contributed by atoms with E-state index in [2.05, 4.69) is 18.4 Å². The molecule has 2 heteroatoms. The predicted octanol–water partition coefficient (Wildman–Crippen LogP) is 3.70. The van der Waals surface area contributed by atoms with Gasteiger partial charge in [-0.25, -0.2) is 4.39 Å². The molecule has 0 heterocycles. The van der Waals surface area contributed by atoms with Crippen LogP contribution in [0.2, 0.25) is 0 Å². The molecule has 0 aromatic rings. The zero-order chi connectivity index (χ0) is 11.7. The molecule has 0 unspecified atom stereocenters. The number of hydrogen-bond donors (Lipinski definition) is 0. The van der Waals surface area contributed by atoms with Crippen molar-refractivity contribution in [1.82, 2.24) is 4.90 Å². The van der Waals surface area contributed by atoms with Gasteiger partial charge in [0, 0.05) is 6.54 Å². The molecule has 0 fully saturated rings. The van der Waals surface area contributed by atoms with E-state index < -0.39 is 0 Å². The van der Waals surface area contributed by atoms with Gasteiger partial charge in [-0.15, -0.1) is 0 Å². The van der Waals surface area contributed by atoms with Crippen molar-refractivity contribution < 1.29 is 4.39 Å². The van der Waals surface area contributed by atoms with E-state index in [9.17, 15) is 4.39 Å². The number of halogens is 1. The lowest BCUT2D eigenvalue weighted by Gasteiger charge is -2.16. The summed E-state index contributed by atoms with van der Waals surface area (Å²) in [7, 11) is 1.99. The van der Waals surface area contributed by atoms with Crippen LogP contribution >= 0.6 is 0 Å². The van der Waals surface area contributed by atoms with Crippen molar-refractivity contribution in [3.8, 4) is 0 Å². The molecule has 0 aliphatic carbocycles. The van der Waals surface area contributed by atoms with Crippen LogP contribution < -0.4 is 0 Å². The molecular weight excluding hydrogens is 189 g/mol. The van der Waals surface area contributed by atoms with Crippen LogP contribution in [0.15, 0.2) is 36.2 Å². The van der Waals surface area contributed by atoms with Crippen LogP contribution in [0.4, 0.5) is 4.39 Å². The Morgan fingerprint density at radius 3 is 2.67 bits per heavy atom. The second-order valence-corrected chi connectivity index (χ2v) is 3.74. The van der Waals surface area contributed by atoms with Crippen LogP contribution in [-0.4, -0.2) is 25.0 Å². The lowest BCUT2D eigenvalue weighted by molar-refractivity contribution is 0.352. The van der Waals surface area contributed by atoms with Crippen molar-refractivity contribution in [3.05, 3.63) is 36.2 Å². The molecule has 0 saturated heterocycles. The van der Waals surface area contributed by atoms with Crippen molar-refractivity contribution in [2.45, 2.75) is 26.7 Å². The maximum atomic E-state index is 13.3. The van der Waals surface area contributed by atoms with Gasteiger partial charge in [-0.1, -0.05) is 32.1 Å². The molecule has 15 heavy (non-hydrogen) atoms. The van der Waals surface area contributed by atoms with Crippen LogP contribution in [0, 0.1) is 0 Å². The molecule has 0 bridgehead atoms. The molecule has 0 aliphatic rings. The van der Waals surface area contributed by atoms with Crippen LogP contribution in [0.25, 0.3) is 0 Å². The Balaban J connectivity index is 4.01. The highest BCUT2D eigenvalue weighted by atomic mass is 19.1. The van der Waals surface area contributed by atoms with E-state index in [4.69, 9.17) is 0 Å². The third-order valence-electron chi connectivity index (χ3n) is 2.13. The lowest BCUT2D eigenvalue weighted by atomic mass is 10.2. The Hall–Kier alpha value is -0.890. The average Bonchev–Trinajstić information content (AvgIpc) is 2.22. The number of hydrogen-bond acceptors (Lipinski definition) is 1. The van der Waals surface area contributed by atoms with Gasteiger partial charge in [0.15, 0.2) is 0 Å². The summed E-state index contributed by atoms with van der Waals surface area (Å²) in [5.41, 5.74) is 0.548. The summed E-state index contributed by atoms with van der Waals surface area (Å²) in [5, 5.41) is 0. The zero-order valence-corrected chi connectivity index (χ0v) is 10.1. The molecule has 0 amide bonds. The largest absolute Gasteiger partial charge is 0.302 e. The first-order valence-corrected chi connectivity index (χ1v) is 5.47. The number of likely N-dealkylation sites (N-methyl/N-ethyl adjacent to an activating group) is 1. The van der Waals surface area contributed by atoms with Gasteiger partial charge in [0.25, 0.3) is 0 Å². The van der Waals surface area contributed by atoms with Crippen molar-refractivity contribution in [3.63, 3.8) is 0 Å². The van der Waals surface area contributed by atoms with Gasteiger partial charge in [0.2, 0.25) is 0 Å². The van der Waals surface area contributed by atoms with E-state index in [-0.39, 0.29) is 5.83 Å². The third kappa shape index (κ3) is 7.09. The van der Waals surface area contributed by atoms with Gasteiger partial charge in [-0.3, -0.25) is 0 Å². The molecule has 1 nitrogen and oxygen atoms in total. The molecule has 0 N–H and O–H groups in total. The summed E-state index contributed by atoms with van der Waals surface area (Å²) in [6.45, 7) is 9.34. The summed E-state index contributed by atoms with van der Waals surface area (Å²) in [6.07, 6.45) is 7.24. The molecule has 0 spiro atoms. The monoisotopic (exact) mass is 211 g/mol. The molecule has 0 aliphatic heterocycles. The van der Waals surface area contributed by atoms with Crippen molar-refractivity contribution in [1.29, 1.82) is 0 Å². The standard InChI is InChI=1S/C13H22FN/c1-5-7-9-13(14)12(3)11-15(4)10-8-6-2/h5,7,9H,3,6,8,10-11H2,1-2,4H3/b7-5-,13-9+. The minimum atomic E-state index is -0.226. The van der Waals surface area contributed by atoms with E-state index in [1.165, 1.54) is 6.08 Å². The summed E-state index contributed by atoms with van der Waals surface area (Å²) in [5.74, 6) is -0.226. The van der Waals surface area contributed by atoms with Crippen LogP contribution in [0.1, 0.15) is 26.7 Å². The normalized spacial score (nSPS) is 12.7. The quantitative estimate of drug-likeness (QED) is 0.580. The zero-order valence-electron chi connectivity index (χ0n) is 10.1. The first-order chi connectivity index (χ1) is 7.11. The SMILES string of the molecule is C=C(CN(C)CCCC)/C(F)=C\C=C/C. The Morgan fingerprint density at radius 1 is 1.47 bits per heavy atom. The van der Waals surface area contributed by atoms with Gasteiger partial charge in [-0.05, 0) is 38.6 Å². The second kappa shape index (κ2) is 8.42. The first kappa shape index (κ1) is 14.1.